The second kappa shape index (κ2) is 17.6. The summed E-state index contributed by atoms with van der Waals surface area (Å²) in [6, 6.07) is 19.3. The van der Waals surface area contributed by atoms with E-state index in [9.17, 15) is 20.4 Å². The maximum absolute atomic E-state index is 11.3. The van der Waals surface area contributed by atoms with Gasteiger partial charge in [-0.3, -0.25) is 9.67 Å². The lowest BCUT2D eigenvalue weighted by Gasteiger charge is -2.21. The van der Waals surface area contributed by atoms with Gasteiger partial charge in [0.1, 0.15) is 23.0 Å². The molecule has 3 aromatic heterocycles. The normalized spacial score (nSPS) is 16.5. The average molecular weight is 900 g/mol. The van der Waals surface area contributed by atoms with Gasteiger partial charge in [0.25, 0.3) is 0 Å². The van der Waals surface area contributed by atoms with Crippen LogP contribution in [0.15, 0.2) is 78.8 Å². The van der Waals surface area contributed by atoms with Gasteiger partial charge in [-0.2, -0.15) is 9.67 Å². The summed E-state index contributed by atoms with van der Waals surface area (Å²) in [6.07, 6.45) is 7.33. The Hall–Kier alpha value is -5.92. The third-order valence-corrected chi connectivity index (χ3v) is 13.9. The number of aromatic nitrogens is 5. The number of benzene rings is 4. The number of hydrogen-bond acceptors (Lipinski definition) is 7. The van der Waals surface area contributed by atoms with Gasteiger partial charge in [-0.05, 0) is 130 Å². The van der Waals surface area contributed by atoms with Crippen molar-refractivity contribution in [2.45, 2.75) is 106 Å². The van der Waals surface area contributed by atoms with Crippen LogP contribution in [0.5, 0.6) is 28.7 Å². The number of hydrogen-bond donors (Lipinski definition) is 6. The molecule has 8 rings (SSSR count). The molecule has 1 aliphatic heterocycles. The Morgan fingerprint density at radius 2 is 1.70 bits per heavy atom. The van der Waals surface area contributed by atoms with Crippen LogP contribution in [0.2, 0.25) is 0 Å². The molecular weight excluding hydrogens is 841 g/mol. The third kappa shape index (κ3) is 7.86. The highest BCUT2D eigenvalue weighted by molar-refractivity contribution is 7.96. The van der Waals surface area contributed by atoms with Crippen LogP contribution in [0.4, 0.5) is 0 Å². The summed E-state index contributed by atoms with van der Waals surface area (Å²) in [5.74, 6) is 1.14. The highest BCUT2D eigenvalue weighted by atomic mass is 32.1. The number of thiol groups is 1. The zero-order valence-electron chi connectivity index (χ0n) is 38.1. The zero-order chi connectivity index (χ0) is 45.9. The van der Waals surface area contributed by atoms with Crippen LogP contribution in [0, 0.1) is 17.6 Å². The number of phenols is 4. The van der Waals surface area contributed by atoms with Crippen molar-refractivity contribution in [3.63, 3.8) is 0 Å². The first kappa shape index (κ1) is 44.7. The van der Waals surface area contributed by atoms with E-state index in [4.69, 9.17) is 29.6 Å². The lowest BCUT2D eigenvalue weighted by atomic mass is 9.96. The van der Waals surface area contributed by atoms with Gasteiger partial charge in [0.2, 0.25) is 5.04 Å². The lowest BCUT2D eigenvalue weighted by Crippen LogP contribution is -2.32. The number of phenolic OH excluding ortho intramolecular Hbond substituents is 4. The van der Waals surface area contributed by atoms with Gasteiger partial charge in [0, 0.05) is 71.5 Å². The Morgan fingerprint density at radius 1 is 0.953 bits per heavy atom. The Balaban J connectivity index is 1.27. The molecule has 1 aliphatic rings. The molecule has 4 aromatic carbocycles. The molecule has 0 radical (unpaired) electrons. The van der Waals surface area contributed by atoms with Gasteiger partial charge >= 0.3 is 6.23 Å². The summed E-state index contributed by atoms with van der Waals surface area (Å²) in [7, 11) is 2.08. The van der Waals surface area contributed by atoms with Crippen LogP contribution >= 0.6 is 24.8 Å². The number of aryl methyl sites for hydroxylation is 3. The fourth-order valence-corrected chi connectivity index (χ4v) is 10.3. The fourth-order valence-electron chi connectivity index (χ4n) is 9.51. The molecule has 4 heterocycles. The van der Waals surface area contributed by atoms with Crippen LogP contribution in [0.3, 0.4) is 0 Å². The molecule has 2 atom stereocenters. The number of rotatable bonds is 12. The molecule has 64 heavy (non-hydrogen) atoms. The molecule has 1 fully saturated rings. The van der Waals surface area contributed by atoms with Crippen molar-refractivity contribution in [2.75, 3.05) is 0 Å². The number of allylic oxidation sites excluding steroid dienone is 2. The topological polar surface area (TPSA) is 137 Å². The van der Waals surface area contributed by atoms with E-state index in [2.05, 4.69) is 95.3 Å². The van der Waals surface area contributed by atoms with Crippen molar-refractivity contribution < 1.29 is 29.7 Å². The van der Waals surface area contributed by atoms with Crippen molar-refractivity contribution in [1.82, 2.24) is 23.9 Å². The van der Waals surface area contributed by atoms with Crippen molar-refractivity contribution in [3.05, 3.63) is 111 Å². The number of ether oxygens (including phenoxy) is 1. The summed E-state index contributed by atoms with van der Waals surface area (Å²) < 4.78 is 16.0. The Labute approximate surface area is 385 Å². The number of nitrogens with one attached hydrogen (secondary N) is 1. The number of fused-ring (bicyclic) bond motifs is 2. The second-order valence-corrected chi connectivity index (χ2v) is 18.6. The summed E-state index contributed by atoms with van der Waals surface area (Å²) in [4.78, 5) is 0. The number of aromatic amines is 1. The van der Waals surface area contributed by atoms with Gasteiger partial charge < -0.3 is 34.3 Å². The molecule has 7 aromatic rings. The minimum absolute atomic E-state index is 0.00149. The number of nitrogens with zero attached hydrogens (tertiary/aromatic N) is 5. The Bertz CT molecular complexity index is 3070. The minimum Gasteiger partial charge on any atom is -0.508 e. The smallest absolute Gasteiger partial charge is 0.303 e. The van der Waals surface area contributed by atoms with E-state index in [1.54, 1.807) is 6.07 Å². The minimum atomic E-state index is -0.449. The first-order chi connectivity index (χ1) is 30.5. The molecule has 0 spiro atoms. The van der Waals surface area contributed by atoms with Crippen LogP contribution < -0.4 is 4.74 Å². The van der Waals surface area contributed by atoms with Gasteiger partial charge in [0.15, 0.2) is 22.0 Å². The van der Waals surface area contributed by atoms with Crippen LogP contribution in [0.1, 0.15) is 108 Å². The molecule has 11 nitrogen and oxygen atoms in total. The predicted octanol–water partition coefficient (Wildman–Crippen LogP) is 12.0. The maximum atomic E-state index is 11.3. The van der Waals surface area contributed by atoms with Crippen molar-refractivity contribution >= 4 is 57.3 Å². The van der Waals surface area contributed by atoms with Crippen molar-refractivity contribution in [1.29, 1.82) is 0 Å². The molecule has 2 unspecified atom stereocenters. The summed E-state index contributed by atoms with van der Waals surface area (Å²) >= 11 is 11.3. The first-order valence-corrected chi connectivity index (χ1v) is 23.1. The Kier molecular flexibility index (Phi) is 12.3. The first-order valence-electron chi connectivity index (χ1n) is 22.2. The SMILES string of the molecule is CCc1cc(C(C)=C2CCC(Oc3ccc(-n4c(-c5cc(C(C)C)c(O)cc5O)n[nH]c4=S)c4ccn(C(C)C)c34)[N+]2=C(S)C(CC)Cc2ccc3c(c2)c(C)cn3C)c(O)cc1O. The van der Waals surface area contributed by atoms with E-state index in [-0.39, 0.29) is 40.9 Å². The van der Waals surface area contributed by atoms with Crippen LogP contribution in [-0.2, 0) is 19.9 Å². The van der Waals surface area contributed by atoms with Crippen LogP contribution in [-0.4, -0.2) is 60.2 Å². The summed E-state index contributed by atoms with van der Waals surface area (Å²) in [6.45, 7) is 16.6. The zero-order valence-corrected chi connectivity index (χ0v) is 39.8. The lowest BCUT2D eigenvalue weighted by molar-refractivity contribution is -0.540. The van der Waals surface area contributed by atoms with Crippen molar-refractivity contribution in [3.8, 4) is 45.8 Å². The summed E-state index contributed by atoms with van der Waals surface area (Å²) in [5, 5.41) is 54.3. The summed E-state index contributed by atoms with van der Waals surface area (Å²) in [5.41, 5.74) is 9.74. The molecule has 1 saturated heterocycles. The Morgan fingerprint density at radius 3 is 2.41 bits per heavy atom. The van der Waals surface area contributed by atoms with Gasteiger partial charge in [-0.15, -0.1) is 0 Å². The molecule has 13 heteroatoms. The number of H-pyrrole nitrogens is 1. The van der Waals surface area contributed by atoms with Gasteiger partial charge in [-0.1, -0.05) is 46.4 Å². The standard InChI is InChI=1S/C51H58N6O5S2/c1-10-32-22-37(44(60)24-42(32)58)30(8)39-15-17-47(56(39)50(63)33(11-2)20-31-12-13-40-36(21-31)29(7)26-54(40)9)62-46-16-14-41(34-18-19-55(28(5)6)48(34)46)57-49(52-53-51(57)64)38-23-35(27(3)4)43(59)25-45(38)61/h12-14,16,18-19,21-28,33,47H,10-11,15,17,20H2,1-9H3,(H5,52,53,58,59,60,61,64)/p+1. The molecule has 334 valence electrons. The van der Waals surface area contributed by atoms with Crippen LogP contribution in [0.25, 0.3) is 44.5 Å². The maximum Gasteiger partial charge on any atom is 0.303 e. The third-order valence-electron chi connectivity index (χ3n) is 13.0. The second-order valence-electron chi connectivity index (χ2n) is 17.8. The van der Waals surface area contributed by atoms with Crippen molar-refractivity contribution in [2.24, 2.45) is 13.0 Å². The van der Waals surface area contributed by atoms with E-state index in [1.807, 2.05) is 50.5 Å². The molecule has 0 saturated carbocycles. The number of aromatic hydroxyl groups is 4. The predicted molar refractivity (Wildman–Crippen MR) is 262 cm³/mol. The van der Waals surface area contributed by atoms with E-state index < -0.39 is 6.23 Å². The molecule has 0 bridgehead atoms. The van der Waals surface area contributed by atoms with E-state index in [0.29, 0.717) is 52.3 Å². The van der Waals surface area contributed by atoms with Gasteiger partial charge in [0.05, 0.1) is 29.1 Å². The molecule has 5 N–H and O–H groups in total. The van der Waals surface area contributed by atoms with E-state index in [1.165, 1.54) is 34.2 Å². The quantitative estimate of drug-likeness (QED) is 0.0311. The van der Waals surface area contributed by atoms with E-state index >= 15 is 0 Å². The van der Waals surface area contributed by atoms with Gasteiger partial charge in [-0.25, -0.2) is 0 Å². The monoisotopic (exact) mass is 899 g/mol. The average Bonchev–Trinajstić information content (AvgIpc) is 4.04. The highest BCUT2D eigenvalue weighted by Gasteiger charge is 2.41. The molecular formula is C51H59N6O5S2+. The molecule has 0 amide bonds. The largest absolute Gasteiger partial charge is 0.508 e. The molecule has 0 aliphatic carbocycles. The fraction of sp³-hybridized carbons (Fsp3) is 0.353. The highest BCUT2D eigenvalue weighted by Crippen LogP contribution is 2.43. The van der Waals surface area contributed by atoms with E-state index in [0.717, 1.165) is 51.3 Å².